The summed E-state index contributed by atoms with van der Waals surface area (Å²) in [6.45, 7) is 2.98. The maximum atomic E-state index is 11.2. The molecular formula is C15H21N3O4. The first kappa shape index (κ1) is 16.4. The highest BCUT2D eigenvalue weighted by Gasteiger charge is 2.23. The molecule has 1 aromatic carbocycles. The van der Waals surface area contributed by atoms with Crippen LogP contribution < -0.4 is 5.73 Å². The maximum Gasteiger partial charge on any atom is 0.274 e. The molecule has 7 heteroatoms. The van der Waals surface area contributed by atoms with E-state index in [0.29, 0.717) is 24.6 Å². The molecular weight excluding hydrogens is 286 g/mol. The summed E-state index contributed by atoms with van der Waals surface area (Å²) < 4.78 is 5.20. The molecule has 1 saturated heterocycles. The molecule has 0 unspecified atom stereocenters. The van der Waals surface area contributed by atoms with Crippen LogP contribution in [0.5, 0.6) is 0 Å². The Morgan fingerprint density at radius 1 is 1.55 bits per heavy atom. The number of nitrogens with zero attached hydrogens (tertiary/aromatic N) is 2. The highest BCUT2D eigenvalue weighted by Crippen LogP contribution is 2.25. The van der Waals surface area contributed by atoms with Gasteiger partial charge in [-0.15, -0.1) is 0 Å². The fraction of sp³-hybridized carbons (Fsp3) is 0.533. The average Bonchev–Trinajstić information content (AvgIpc) is 2.48. The average molecular weight is 307 g/mol. The van der Waals surface area contributed by atoms with Crippen LogP contribution in [0.2, 0.25) is 0 Å². The van der Waals surface area contributed by atoms with Crippen molar-refractivity contribution in [2.45, 2.75) is 19.4 Å². The second kappa shape index (κ2) is 7.33. The molecule has 0 aromatic heterocycles. The third-order valence-corrected chi connectivity index (χ3v) is 3.97. The summed E-state index contributed by atoms with van der Waals surface area (Å²) >= 11 is 0. The van der Waals surface area contributed by atoms with Crippen molar-refractivity contribution in [2.24, 2.45) is 11.7 Å². The lowest BCUT2D eigenvalue weighted by Gasteiger charge is -2.32. The van der Waals surface area contributed by atoms with Gasteiger partial charge in [0.25, 0.3) is 5.69 Å². The Labute approximate surface area is 129 Å². The molecule has 0 radical (unpaired) electrons. The molecule has 0 aliphatic carbocycles. The lowest BCUT2D eigenvalue weighted by atomic mass is 9.98. The first-order valence-electron chi connectivity index (χ1n) is 7.29. The molecule has 22 heavy (non-hydrogen) atoms. The van der Waals surface area contributed by atoms with Crippen LogP contribution in [0.3, 0.4) is 0 Å². The molecule has 2 N–H and O–H groups in total. The third kappa shape index (κ3) is 4.02. The van der Waals surface area contributed by atoms with E-state index in [9.17, 15) is 14.9 Å². The molecule has 0 bridgehead atoms. The quantitative estimate of drug-likeness (QED) is 0.635. The molecule has 1 aliphatic heterocycles. The van der Waals surface area contributed by atoms with Crippen molar-refractivity contribution in [1.82, 2.24) is 4.90 Å². The molecule has 1 atom stereocenters. The summed E-state index contributed by atoms with van der Waals surface area (Å²) in [4.78, 5) is 24.1. The number of benzene rings is 1. The topological polar surface area (TPSA) is 98.7 Å². The van der Waals surface area contributed by atoms with Gasteiger partial charge in [0.2, 0.25) is 5.91 Å². The SMILES string of the molecule is COC[C@H]1CCCN(Cc2ccc(C(N)=O)cc2[N+](=O)[O-])C1. The van der Waals surface area contributed by atoms with E-state index in [1.54, 1.807) is 19.2 Å². The van der Waals surface area contributed by atoms with E-state index in [-0.39, 0.29) is 11.3 Å². The minimum absolute atomic E-state index is 0.0508. The number of rotatable bonds is 6. The first-order chi connectivity index (χ1) is 10.5. The van der Waals surface area contributed by atoms with E-state index in [2.05, 4.69) is 4.90 Å². The van der Waals surface area contributed by atoms with Gasteiger partial charge in [-0.05, 0) is 31.4 Å². The Balaban J connectivity index is 2.14. The molecule has 7 nitrogen and oxygen atoms in total. The number of likely N-dealkylation sites (tertiary alicyclic amines) is 1. The van der Waals surface area contributed by atoms with E-state index >= 15 is 0 Å². The Kier molecular flexibility index (Phi) is 5.46. The van der Waals surface area contributed by atoms with Gasteiger partial charge in [0.15, 0.2) is 0 Å². The Morgan fingerprint density at radius 3 is 2.95 bits per heavy atom. The van der Waals surface area contributed by atoms with Gasteiger partial charge in [-0.1, -0.05) is 6.07 Å². The van der Waals surface area contributed by atoms with Crippen LogP contribution >= 0.6 is 0 Å². The monoisotopic (exact) mass is 307 g/mol. The number of methoxy groups -OCH3 is 1. The van der Waals surface area contributed by atoms with Crippen LogP contribution in [0.25, 0.3) is 0 Å². The summed E-state index contributed by atoms with van der Waals surface area (Å²) in [6, 6.07) is 4.42. The standard InChI is InChI=1S/C15H21N3O4/c1-22-10-11-3-2-6-17(8-11)9-13-5-4-12(15(16)19)7-14(13)18(20)21/h4-5,7,11H,2-3,6,8-10H2,1H3,(H2,16,19)/t11-/m0/s1. The second-order valence-electron chi connectivity index (χ2n) is 5.66. The molecule has 1 aliphatic rings. The number of carbonyl (C=O) groups excluding carboxylic acids is 1. The number of nitro benzene ring substituents is 1. The minimum Gasteiger partial charge on any atom is -0.384 e. The van der Waals surface area contributed by atoms with Crippen LogP contribution in [-0.2, 0) is 11.3 Å². The summed E-state index contributed by atoms with van der Waals surface area (Å²) in [6.07, 6.45) is 2.17. The van der Waals surface area contributed by atoms with Crippen LogP contribution in [0.15, 0.2) is 18.2 Å². The van der Waals surface area contributed by atoms with Crippen molar-refractivity contribution in [3.8, 4) is 0 Å². The van der Waals surface area contributed by atoms with Crippen LogP contribution in [0.1, 0.15) is 28.8 Å². The van der Waals surface area contributed by atoms with Crippen LogP contribution in [0.4, 0.5) is 5.69 Å². The zero-order valence-corrected chi connectivity index (χ0v) is 12.7. The zero-order valence-electron chi connectivity index (χ0n) is 12.7. The number of piperidine rings is 1. The normalized spacial score (nSPS) is 19.0. The Morgan fingerprint density at radius 2 is 2.32 bits per heavy atom. The Bertz CT molecular complexity index is 560. The van der Waals surface area contributed by atoms with E-state index in [0.717, 1.165) is 25.9 Å². The molecule has 0 spiro atoms. The zero-order chi connectivity index (χ0) is 16.1. The van der Waals surface area contributed by atoms with E-state index in [1.807, 2.05) is 0 Å². The molecule has 2 rings (SSSR count). The van der Waals surface area contributed by atoms with Crippen LogP contribution in [-0.4, -0.2) is 42.5 Å². The van der Waals surface area contributed by atoms with Crippen molar-refractivity contribution in [1.29, 1.82) is 0 Å². The number of nitrogens with two attached hydrogens (primary N) is 1. The highest BCUT2D eigenvalue weighted by atomic mass is 16.6. The lowest BCUT2D eigenvalue weighted by Crippen LogP contribution is -2.36. The first-order valence-corrected chi connectivity index (χ1v) is 7.29. The van der Waals surface area contributed by atoms with Gasteiger partial charge in [-0.3, -0.25) is 19.8 Å². The van der Waals surface area contributed by atoms with Gasteiger partial charge in [-0.25, -0.2) is 0 Å². The molecule has 1 aromatic rings. The van der Waals surface area contributed by atoms with Crippen molar-refractivity contribution in [3.63, 3.8) is 0 Å². The predicted octanol–water partition coefficient (Wildman–Crippen LogP) is 1.55. The largest absolute Gasteiger partial charge is 0.384 e. The molecule has 1 heterocycles. The summed E-state index contributed by atoms with van der Waals surface area (Å²) in [7, 11) is 1.69. The number of ether oxygens (including phenoxy) is 1. The molecule has 1 fully saturated rings. The van der Waals surface area contributed by atoms with Gasteiger partial charge in [0.05, 0.1) is 11.5 Å². The number of nitro groups is 1. The maximum absolute atomic E-state index is 11.2. The van der Waals surface area contributed by atoms with Crippen molar-refractivity contribution in [3.05, 3.63) is 39.4 Å². The number of carbonyl (C=O) groups is 1. The van der Waals surface area contributed by atoms with Gasteiger partial charge in [-0.2, -0.15) is 0 Å². The molecule has 120 valence electrons. The number of hydrogen-bond acceptors (Lipinski definition) is 5. The summed E-state index contributed by atoms with van der Waals surface area (Å²) in [5.41, 5.74) is 5.90. The number of hydrogen-bond donors (Lipinski definition) is 1. The fourth-order valence-electron chi connectivity index (χ4n) is 2.93. The van der Waals surface area contributed by atoms with E-state index < -0.39 is 10.8 Å². The lowest BCUT2D eigenvalue weighted by molar-refractivity contribution is -0.385. The van der Waals surface area contributed by atoms with Crippen molar-refractivity contribution >= 4 is 11.6 Å². The smallest absolute Gasteiger partial charge is 0.274 e. The van der Waals surface area contributed by atoms with Gasteiger partial charge < -0.3 is 10.5 Å². The second-order valence-corrected chi connectivity index (χ2v) is 5.66. The van der Waals surface area contributed by atoms with Gasteiger partial charge in [0.1, 0.15) is 0 Å². The number of primary amides is 1. The minimum atomic E-state index is -0.659. The van der Waals surface area contributed by atoms with Gasteiger partial charge in [0, 0.05) is 37.4 Å². The van der Waals surface area contributed by atoms with E-state index in [4.69, 9.17) is 10.5 Å². The van der Waals surface area contributed by atoms with Crippen LogP contribution in [0, 0.1) is 16.0 Å². The summed E-state index contributed by atoms with van der Waals surface area (Å²) in [5.74, 6) is -0.199. The third-order valence-electron chi connectivity index (χ3n) is 3.97. The fourth-order valence-corrected chi connectivity index (χ4v) is 2.93. The Hall–Kier alpha value is -1.99. The molecule has 0 saturated carbocycles. The van der Waals surface area contributed by atoms with E-state index in [1.165, 1.54) is 6.07 Å². The van der Waals surface area contributed by atoms with Gasteiger partial charge >= 0.3 is 0 Å². The number of amides is 1. The van der Waals surface area contributed by atoms with Crippen molar-refractivity contribution in [2.75, 3.05) is 26.8 Å². The van der Waals surface area contributed by atoms with Crippen molar-refractivity contribution < 1.29 is 14.5 Å². The highest BCUT2D eigenvalue weighted by molar-refractivity contribution is 5.93. The molecule has 1 amide bonds. The summed E-state index contributed by atoms with van der Waals surface area (Å²) in [5, 5.41) is 11.2. The predicted molar refractivity (Wildman–Crippen MR) is 81.5 cm³/mol.